The van der Waals surface area contributed by atoms with E-state index >= 15 is 0 Å². The first-order valence-electron chi connectivity index (χ1n) is 9.81. The van der Waals surface area contributed by atoms with Crippen LogP contribution in [0.5, 0.6) is 5.75 Å². The molecule has 1 aromatic heterocycles. The Morgan fingerprint density at radius 3 is 2.55 bits per heavy atom. The number of carbonyl (C=O) groups excluding carboxylic acids is 1. The Labute approximate surface area is 176 Å². The van der Waals surface area contributed by atoms with E-state index in [4.69, 9.17) is 4.52 Å². The van der Waals surface area contributed by atoms with Crippen LogP contribution < -0.4 is 4.74 Å². The molecule has 162 valence electrons. The summed E-state index contributed by atoms with van der Waals surface area (Å²) in [4.78, 5) is 18.6. The number of hydrogen-bond acceptors (Lipinski definition) is 5. The first-order chi connectivity index (χ1) is 14.8. The summed E-state index contributed by atoms with van der Waals surface area (Å²) < 4.78 is 46.1. The number of nitrogens with zero attached hydrogens (tertiary/aromatic N) is 3. The average molecular weight is 431 g/mol. The van der Waals surface area contributed by atoms with E-state index in [1.807, 2.05) is 30.3 Å². The van der Waals surface area contributed by atoms with E-state index in [2.05, 4.69) is 21.8 Å². The second kappa shape index (κ2) is 8.41. The lowest BCUT2D eigenvalue weighted by Gasteiger charge is -2.21. The SMILES string of the molecule is CC(CN1CC(c2nc(-c3ccc(OC(F)(F)F)cc3)no2)CC1=O)c1ccccc1. The number of alkyl halides is 3. The zero-order valence-electron chi connectivity index (χ0n) is 16.7. The topological polar surface area (TPSA) is 68.5 Å². The van der Waals surface area contributed by atoms with Gasteiger partial charge in [0.25, 0.3) is 0 Å². The van der Waals surface area contributed by atoms with Gasteiger partial charge in [0, 0.05) is 25.1 Å². The molecule has 0 aliphatic carbocycles. The van der Waals surface area contributed by atoms with Crippen LogP contribution in [0.2, 0.25) is 0 Å². The van der Waals surface area contributed by atoms with Crippen LogP contribution in [0.4, 0.5) is 13.2 Å². The van der Waals surface area contributed by atoms with Gasteiger partial charge in [-0.15, -0.1) is 13.2 Å². The largest absolute Gasteiger partial charge is 0.573 e. The Balaban J connectivity index is 1.41. The number of benzene rings is 2. The Kier molecular flexibility index (Phi) is 5.67. The summed E-state index contributed by atoms with van der Waals surface area (Å²) in [7, 11) is 0. The van der Waals surface area contributed by atoms with Crippen LogP contribution in [-0.2, 0) is 4.79 Å². The van der Waals surface area contributed by atoms with Crippen molar-refractivity contribution in [2.75, 3.05) is 13.1 Å². The molecule has 1 saturated heterocycles. The maximum atomic E-state index is 12.5. The minimum Gasteiger partial charge on any atom is -0.406 e. The Morgan fingerprint density at radius 2 is 1.87 bits per heavy atom. The number of carbonyl (C=O) groups is 1. The fraction of sp³-hybridized carbons (Fsp3) is 0.318. The minimum atomic E-state index is -4.75. The molecular weight excluding hydrogens is 411 g/mol. The molecule has 1 aliphatic heterocycles. The van der Waals surface area contributed by atoms with Crippen molar-refractivity contribution >= 4 is 5.91 Å². The normalized spacial score (nSPS) is 17.7. The molecule has 3 aromatic rings. The Morgan fingerprint density at radius 1 is 1.16 bits per heavy atom. The molecule has 9 heteroatoms. The van der Waals surface area contributed by atoms with E-state index in [0.29, 0.717) is 24.5 Å². The van der Waals surface area contributed by atoms with Crippen LogP contribution in [0.25, 0.3) is 11.4 Å². The van der Waals surface area contributed by atoms with Crippen LogP contribution in [0.1, 0.15) is 36.6 Å². The predicted molar refractivity (Wildman–Crippen MR) is 105 cm³/mol. The van der Waals surface area contributed by atoms with Gasteiger partial charge < -0.3 is 14.2 Å². The summed E-state index contributed by atoms with van der Waals surface area (Å²) >= 11 is 0. The zero-order chi connectivity index (χ0) is 22.0. The average Bonchev–Trinajstić information content (AvgIpc) is 3.35. The fourth-order valence-electron chi connectivity index (χ4n) is 3.66. The molecule has 0 saturated carbocycles. The molecule has 0 bridgehead atoms. The lowest BCUT2D eigenvalue weighted by atomic mass is 10.0. The molecule has 2 atom stereocenters. The molecule has 6 nitrogen and oxygen atoms in total. The van der Waals surface area contributed by atoms with Crippen LogP contribution >= 0.6 is 0 Å². The van der Waals surface area contributed by atoms with Gasteiger partial charge in [0.05, 0.1) is 5.92 Å². The highest BCUT2D eigenvalue weighted by Crippen LogP contribution is 2.31. The first kappa shape index (κ1) is 20.9. The molecule has 2 heterocycles. The van der Waals surface area contributed by atoms with Gasteiger partial charge in [0.15, 0.2) is 0 Å². The maximum Gasteiger partial charge on any atom is 0.573 e. The van der Waals surface area contributed by atoms with Gasteiger partial charge in [-0.05, 0) is 35.7 Å². The Bertz CT molecular complexity index is 1040. The summed E-state index contributed by atoms with van der Waals surface area (Å²) in [5, 5.41) is 3.91. The van der Waals surface area contributed by atoms with Crippen molar-refractivity contribution in [2.45, 2.75) is 31.5 Å². The second-order valence-electron chi connectivity index (χ2n) is 7.54. The van der Waals surface area contributed by atoms with Crippen LogP contribution in [0.3, 0.4) is 0 Å². The van der Waals surface area contributed by atoms with E-state index in [-0.39, 0.29) is 35.7 Å². The maximum absolute atomic E-state index is 12.5. The third-order valence-electron chi connectivity index (χ3n) is 5.21. The van der Waals surface area contributed by atoms with Gasteiger partial charge in [-0.25, -0.2) is 0 Å². The number of rotatable bonds is 6. The zero-order valence-corrected chi connectivity index (χ0v) is 16.7. The van der Waals surface area contributed by atoms with E-state index < -0.39 is 6.36 Å². The van der Waals surface area contributed by atoms with Crippen molar-refractivity contribution in [2.24, 2.45) is 0 Å². The lowest BCUT2D eigenvalue weighted by Crippen LogP contribution is -2.29. The lowest BCUT2D eigenvalue weighted by molar-refractivity contribution is -0.274. The number of aromatic nitrogens is 2. The standard InChI is InChI=1S/C22H20F3N3O3/c1-14(15-5-3-2-4-6-15)12-28-13-17(11-19(28)29)21-26-20(27-31-21)16-7-9-18(10-8-16)30-22(23,24)25/h2-10,14,17H,11-13H2,1H3. The third kappa shape index (κ3) is 5.04. The summed E-state index contributed by atoms with van der Waals surface area (Å²) in [6.45, 7) is 3.16. The van der Waals surface area contributed by atoms with E-state index in [0.717, 1.165) is 5.56 Å². The van der Waals surface area contributed by atoms with Crippen molar-refractivity contribution in [3.63, 3.8) is 0 Å². The fourth-order valence-corrected chi connectivity index (χ4v) is 3.66. The van der Waals surface area contributed by atoms with Crippen LogP contribution in [0.15, 0.2) is 59.1 Å². The van der Waals surface area contributed by atoms with Gasteiger partial charge in [-0.1, -0.05) is 42.4 Å². The van der Waals surface area contributed by atoms with Crippen molar-refractivity contribution in [1.82, 2.24) is 15.0 Å². The van der Waals surface area contributed by atoms with Gasteiger partial charge in [-0.3, -0.25) is 4.79 Å². The smallest absolute Gasteiger partial charge is 0.406 e. The Hall–Kier alpha value is -3.36. The quantitative estimate of drug-likeness (QED) is 0.563. The molecule has 0 radical (unpaired) electrons. The highest BCUT2D eigenvalue weighted by molar-refractivity contribution is 5.79. The molecular formula is C22H20F3N3O3. The molecule has 0 N–H and O–H groups in total. The van der Waals surface area contributed by atoms with Gasteiger partial charge in [-0.2, -0.15) is 4.98 Å². The molecule has 2 aromatic carbocycles. The number of amides is 1. The summed E-state index contributed by atoms with van der Waals surface area (Å²) in [6, 6.07) is 15.2. The molecule has 1 aliphatic rings. The predicted octanol–water partition coefficient (Wildman–Crippen LogP) is 4.75. The number of halogens is 3. The van der Waals surface area contributed by atoms with Gasteiger partial charge in [0.1, 0.15) is 5.75 Å². The number of likely N-dealkylation sites (tertiary alicyclic amines) is 1. The highest BCUT2D eigenvalue weighted by atomic mass is 19.4. The van der Waals surface area contributed by atoms with E-state index in [9.17, 15) is 18.0 Å². The van der Waals surface area contributed by atoms with Crippen LogP contribution in [0, 0.1) is 0 Å². The van der Waals surface area contributed by atoms with Crippen LogP contribution in [-0.4, -0.2) is 40.4 Å². The van der Waals surface area contributed by atoms with E-state index in [1.54, 1.807) is 4.90 Å². The second-order valence-corrected chi connectivity index (χ2v) is 7.54. The van der Waals surface area contributed by atoms with Crippen molar-refractivity contribution in [1.29, 1.82) is 0 Å². The summed E-state index contributed by atoms with van der Waals surface area (Å²) in [6.07, 6.45) is -4.47. The molecule has 1 fully saturated rings. The van der Waals surface area contributed by atoms with Gasteiger partial charge >= 0.3 is 6.36 Å². The molecule has 31 heavy (non-hydrogen) atoms. The number of ether oxygens (including phenoxy) is 1. The minimum absolute atomic E-state index is 0.0289. The number of hydrogen-bond donors (Lipinski definition) is 0. The van der Waals surface area contributed by atoms with Crippen molar-refractivity contribution in [3.05, 3.63) is 66.1 Å². The third-order valence-corrected chi connectivity index (χ3v) is 5.21. The molecule has 4 rings (SSSR count). The van der Waals surface area contributed by atoms with Crippen molar-refractivity contribution < 1.29 is 27.2 Å². The van der Waals surface area contributed by atoms with E-state index in [1.165, 1.54) is 24.3 Å². The van der Waals surface area contributed by atoms with Crippen molar-refractivity contribution in [3.8, 4) is 17.1 Å². The molecule has 0 spiro atoms. The highest BCUT2D eigenvalue weighted by Gasteiger charge is 2.35. The van der Waals surface area contributed by atoms with Gasteiger partial charge in [0.2, 0.25) is 17.6 Å². The molecule has 1 amide bonds. The monoisotopic (exact) mass is 431 g/mol. The first-order valence-corrected chi connectivity index (χ1v) is 9.81. The molecule has 2 unspecified atom stereocenters. The summed E-state index contributed by atoms with van der Waals surface area (Å²) in [5.41, 5.74) is 1.65. The summed E-state index contributed by atoms with van der Waals surface area (Å²) in [5.74, 6) is 0.265.